The second kappa shape index (κ2) is 6.30. The van der Waals surface area contributed by atoms with Crippen molar-refractivity contribution in [2.75, 3.05) is 46.2 Å². The molecule has 1 aliphatic heterocycles. The summed E-state index contributed by atoms with van der Waals surface area (Å²) in [6.45, 7) is 3.89. The van der Waals surface area contributed by atoms with Gasteiger partial charge in [0.1, 0.15) is 0 Å². The molecule has 1 atom stereocenters. The summed E-state index contributed by atoms with van der Waals surface area (Å²) in [5.41, 5.74) is 0. The van der Waals surface area contributed by atoms with Gasteiger partial charge >= 0.3 is 0 Å². The maximum absolute atomic E-state index is 11.2. The Bertz CT molecular complexity index is 213. The van der Waals surface area contributed by atoms with Crippen LogP contribution in [0, 0.1) is 0 Å². The molecule has 0 aromatic heterocycles. The number of alkyl halides is 1. The number of carbonyl (C=O) groups excluding carboxylic acids is 1. The third kappa shape index (κ3) is 4.36. The van der Waals surface area contributed by atoms with Gasteiger partial charge in [-0.3, -0.25) is 9.69 Å². The molecular weight excluding hydrogens is 214 g/mol. The monoisotopic (exact) mass is 233 g/mol. The van der Waals surface area contributed by atoms with Crippen molar-refractivity contribution in [3.05, 3.63) is 0 Å². The number of hydrogen-bond acceptors (Lipinski definition) is 3. The standard InChI is InChI=1S/C10H20ClN3O/c1-13-5-6-14(2)9(8-13)7-12-10(15)3-4-11/h9H,3-8H2,1-2H3,(H,12,15). The van der Waals surface area contributed by atoms with E-state index in [0.717, 1.165) is 26.2 Å². The first-order valence-electron chi connectivity index (χ1n) is 5.35. The van der Waals surface area contributed by atoms with Crippen LogP contribution >= 0.6 is 11.6 Å². The highest BCUT2D eigenvalue weighted by molar-refractivity contribution is 6.18. The lowest BCUT2D eigenvalue weighted by atomic mass is 10.2. The van der Waals surface area contributed by atoms with Gasteiger partial charge in [-0.1, -0.05) is 0 Å². The Hall–Kier alpha value is -0.320. The van der Waals surface area contributed by atoms with E-state index in [1.807, 2.05) is 0 Å². The first-order chi connectivity index (χ1) is 7.13. The highest BCUT2D eigenvalue weighted by Crippen LogP contribution is 2.04. The Balaban J connectivity index is 2.27. The lowest BCUT2D eigenvalue weighted by molar-refractivity contribution is -0.121. The molecule has 1 rings (SSSR count). The van der Waals surface area contributed by atoms with Crippen LogP contribution in [0.1, 0.15) is 6.42 Å². The van der Waals surface area contributed by atoms with Gasteiger partial charge in [-0.2, -0.15) is 0 Å². The van der Waals surface area contributed by atoms with E-state index in [9.17, 15) is 4.79 Å². The van der Waals surface area contributed by atoms with Gasteiger partial charge in [0.25, 0.3) is 0 Å². The van der Waals surface area contributed by atoms with E-state index < -0.39 is 0 Å². The molecule has 0 aromatic rings. The lowest BCUT2D eigenvalue weighted by Gasteiger charge is -2.37. The SMILES string of the molecule is CN1CCN(C)C(CNC(=O)CCCl)C1. The van der Waals surface area contributed by atoms with Crippen LogP contribution in [0.25, 0.3) is 0 Å². The average Bonchev–Trinajstić information content (AvgIpc) is 2.20. The molecule has 15 heavy (non-hydrogen) atoms. The first kappa shape index (κ1) is 12.7. The molecular formula is C10H20ClN3O. The normalized spacial score (nSPS) is 24.1. The number of amides is 1. The van der Waals surface area contributed by atoms with E-state index in [-0.39, 0.29) is 5.91 Å². The third-order valence-electron chi connectivity index (χ3n) is 2.84. The summed E-state index contributed by atoms with van der Waals surface area (Å²) < 4.78 is 0. The Kier molecular flexibility index (Phi) is 5.36. The van der Waals surface area contributed by atoms with Crippen molar-refractivity contribution < 1.29 is 4.79 Å². The minimum Gasteiger partial charge on any atom is -0.354 e. The smallest absolute Gasteiger partial charge is 0.221 e. The molecule has 0 bridgehead atoms. The quantitative estimate of drug-likeness (QED) is 0.694. The van der Waals surface area contributed by atoms with Gasteiger partial charge in [0.05, 0.1) is 0 Å². The fraction of sp³-hybridized carbons (Fsp3) is 0.900. The summed E-state index contributed by atoms with van der Waals surface area (Å²) in [7, 11) is 4.21. The number of piperazine rings is 1. The molecule has 1 saturated heterocycles. The molecule has 1 aliphatic rings. The fourth-order valence-corrected chi connectivity index (χ4v) is 1.90. The molecule has 0 radical (unpaired) electrons. The van der Waals surface area contributed by atoms with Crippen molar-refractivity contribution in [1.29, 1.82) is 0 Å². The van der Waals surface area contributed by atoms with E-state index in [4.69, 9.17) is 11.6 Å². The van der Waals surface area contributed by atoms with Gasteiger partial charge in [0, 0.05) is 44.5 Å². The van der Waals surface area contributed by atoms with Crippen LogP contribution in [0.2, 0.25) is 0 Å². The highest BCUT2D eigenvalue weighted by atomic mass is 35.5. The molecule has 1 N–H and O–H groups in total. The summed E-state index contributed by atoms with van der Waals surface area (Å²) in [4.78, 5) is 15.8. The number of likely N-dealkylation sites (N-methyl/N-ethyl adjacent to an activating group) is 2. The Morgan fingerprint density at radius 3 is 2.87 bits per heavy atom. The van der Waals surface area contributed by atoms with E-state index >= 15 is 0 Å². The Labute approximate surface area is 96.6 Å². The molecule has 5 heteroatoms. The average molecular weight is 234 g/mol. The molecule has 0 aromatic carbocycles. The zero-order chi connectivity index (χ0) is 11.3. The molecule has 1 heterocycles. The van der Waals surface area contributed by atoms with Crippen LogP contribution in [0.15, 0.2) is 0 Å². The van der Waals surface area contributed by atoms with Crippen molar-refractivity contribution >= 4 is 17.5 Å². The third-order valence-corrected chi connectivity index (χ3v) is 3.03. The molecule has 1 amide bonds. The molecule has 0 aliphatic carbocycles. The molecule has 0 spiro atoms. The van der Waals surface area contributed by atoms with Gasteiger partial charge in [0.2, 0.25) is 5.91 Å². The maximum atomic E-state index is 11.2. The predicted octanol–water partition coefficient (Wildman–Crippen LogP) is -0.0227. The van der Waals surface area contributed by atoms with Gasteiger partial charge in [-0.15, -0.1) is 11.6 Å². The van der Waals surface area contributed by atoms with Gasteiger partial charge < -0.3 is 10.2 Å². The number of halogens is 1. The van der Waals surface area contributed by atoms with Crippen molar-refractivity contribution in [3.8, 4) is 0 Å². The number of rotatable bonds is 4. The van der Waals surface area contributed by atoms with Crippen molar-refractivity contribution in [2.45, 2.75) is 12.5 Å². The number of nitrogens with zero attached hydrogens (tertiary/aromatic N) is 2. The van der Waals surface area contributed by atoms with Crippen molar-refractivity contribution in [2.24, 2.45) is 0 Å². The minimum atomic E-state index is 0.0478. The first-order valence-corrected chi connectivity index (χ1v) is 5.88. The molecule has 1 fully saturated rings. The Morgan fingerprint density at radius 2 is 2.20 bits per heavy atom. The van der Waals surface area contributed by atoms with E-state index in [1.54, 1.807) is 0 Å². The second-order valence-electron chi connectivity index (χ2n) is 4.14. The van der Waals surface area contributed by atoms with Crippen LogP contribution in [-0.4, -0.2) is 67.9 Å². The van der Waals surface area contributed by atoms with Crippen LogP contribution in [0.4, 0.5) is 0 Å². The second-order valence-corrected chi connectivity index (χ2v) is 4.52. The van der Waals surface area contributed by atoms with E-state index in [0.29, 0.717) is 18.3 Å². The number of nitrogens with one attached hydrogen (secondary N) is 1. The zero-order valence-corrected chi connectivity index (χ0v) is 10.3. The minimum absolute atomic E-state index is 0.0478. The van der Waals surface area contributed by atoms with Crippen LogP contribution in [0.5, 0.6) is 0 Å². The molecule has 88 valence electrons. The van der Waals surface area contributed by atoms with Crippen LogP contribution in [0.3, 0.4) is 0 Å². The van der Waals surface area contributed by atoms with Crippen molar-refractivity contribution in [1.82, 2.24) is 15.1 Å². The van der Waals surface area contributed by atoms with Gasteiger partial charge in [-0.25, -0.2) is 0 Å². The summed E-state index contributed by atoms with van der Waals surface area (Å²) >= 11 is 5.49. The number of hydrogen-bond donors (Lipinski definition) is 1. The van der Waals surface area contributed by atoms with Gasteiger partial charge in [0.15, 0.2) is 0 Å². The summed E-state index contributed by atoms with van der Waals surface area (Å²) in [5, 5.41) is 2.91. The molecule has 0 saturated carbocycles. The predicted molar refractivity (Wildman–Crippen MR) is 62.3 cm³/mol. The topological polar surface area (TPSA) is 35.6 Å². The van der Waals surface area contributed by atoms with Gasteiger partial charge in [-0.05, 0) is 14.1 Å². The zero-order valence-electron chi connectivity index (χ0n) is 9.50. The summed E-state index contributed by atoms with van der Waals surface area (Å²) in [6, 6.07) is 0.419. The highest BCUT2D eigenvalue weighted by Gasteiger charge is 2.22. The maximum Gasteiger partial charge on any atom is 0.221 e. The molecule has 4 nitrogen and oxygen atoms in total. The lowest BCUT2D eigenvalue weighted by Crippen LogP contribution is -2.54. The largest absolute Gasteiger partial charge is 0.354 e. The van der Waals surface area contributed by atoms with Crippen LogP contribution < -0.4 is 5.32 Å². The van der Waals surface area contributed by atoms with E-state index in [2.05, 4.69) is 29.2 Å². The fourth-order valence-electron chi connectivity index (χ4n) is 1.73. The van der Waals surface area contributed by atoms with Crippen molar-refractivity contribution in [3.63, 3.8) is 0 Å². The van der Waals surface area contributed by atoms with E-state index in [1.165, 1.54) is 0 Å². The Morgan fingerprint density at radius 1 is 1.47 bits per heavy atom. The molecule has 1 unspecified atom stereocenters. The summed E-state index contributed by atoms with van der Waals surface area (Å²) in [5.74, 6) is 0.443. The summed E-state index contributed by atoms with van der Waals surface area (Å²) in [6.07, 6.45) is 0.411. The number of carbonyl (C=O) groups is 1. The van der Waals surface area contributed by atoms with Crippen LogP contribution in [-0.2, 0) is 4.79 Å².